The number of nitrogens with two attached hydrogens (primary N) is 1. The number of aromatic hydroxyl groups is 1. The molecule has 0 radical (unpaired) electrons. The van der Waals surface area contributed by atoms with E-state index in [1.54, 1.807) is 18.2 Å². The predicted molar refractivity (Wildman–Crippen MR) is 77.9 cm³/mol. The molecule has 0 spiro atoms. The lowest BCUT2D eigenvalue weighted by Crippen LogP contribution is -2.41. The summed E-state index contributed by atoms with van der Waals surface area (Å²) in [6.07, 6.45) is 2.02. The minimum absolute atomic E-state index is 0.0898. The average molecular weight is 278 g/mol. The zero-order valence-electron chi connectivity index (χ0n) is 10.7. The molecular formula is C14H18N2O2S. The van der Waals surface area contributed by atoms with Crippen molar-refractivity contribution in [2.45, 2.75) is 19.3 Å². The Kier molecular flexibility index (Phi) is 4.37. The van der Waals surface area contributed by atoms with Gasteiger partial charge in [-0.05, 0) is 30.5 Å². The van der Waals surface area contributed by atoms with Crippen molar-refractivity contribution in [3.05, 3.63) is 29.8 Å². The van der Waals surface area contributed by atoms with E-state index in [0.29, 0.717) is 24.5 Å². The topological polar surface area (TPSA) is 66.6 Å². The van der Waals surface area contributed by atoms with Crippen LogP contribution in [0.2, 0.25) is 0 Å². The summed E-state index contributed by atoms with van der Waals surface area (Å²) < 4.78 is 0. The van der Waals surface area contributed by atoms with E-state index in [-0.39, 0.29) is 17.6 Å². The lowest BCUT2D eigenvalue weighted by Gasteiger charge is -2.31. The van der Waals surface area contributed by atoms with Crippen LogP contribution in [0.25, 0.3) is 0 Å². The lowest BCUT2D eigenvalue weighted by atomic mass is 9.96. The van der Waals surface area contributed by atoms with E-state index in [1.807, 2.05) is 11.0 Å². The van der Waals surface area contributed by atoms with Gasteiger partial charge >= 0.3 is 0 Å². The molecule has 1 aromatic rings. The summed E-state index contributed by atoms with van der Waals surface area (Å²) in [6, 6.07) is 6.82. The summed E-state index contributed by atoms with van der Waals surface area (Å²) in [5, 5.41) is 9.38. The van der Waals surface area contributed by atoms with E-state index >= 15 is 0 Å². The molecule has 0 atom stereocenters. The fourth-order valence-corrected chi connectivity index (χ4v) is 2.60. The number of thiocarbonyl (C=S) groups is 1. The zero-order chi connectivity index (χ0) is 13.8. The van der Waals surface area contributed by atoms with Gasteiger partial charge in [-0.2, -0.15) is 0 Å². The molecule has 0 bridgehead atoms. The quantitative estimate of drug-likeness (QED) is 0.822. The fraction of sp³-hybridized carbons (Fsp3) is 0.429. The molecule has 1 amide bonds. The van der Waals surface area contributed by atoms with Gasteiger partial charge in [-0.15, -0.1) is 0 Å². The van der Waals surface area contributed by atoms with Crippen LogP contribution in [0.1, 0.15) is 18.4 Å². The molecule has 1 aliphatic heterocycles. The normalized spacial score (nSPS) is 16.3. The molecule has 0 unspecified atom stereocenters. The van der Waals surface area contributed by atoms with Crippen LogP contribution >= 0.6 is 12.2 Å². The first-order valence-electron chi connectivity index (χ1n) is 6.41. The lowest BCUT2D eigenvalue weighted by molar-refractivity contribution is -0.131. The number of nitrogens with zero attached hydrogens (tertiary/aromatic N) is 1. The van der Waals surface area contributed by atoms with Gasteiger partial charge in [-0.1, -0.05) is 24.4 Å². The Hall–Kier alpha value is -1.62. The number of benzene rings is 1. The Morgan fingerprint density at radius 2 is 2.11 bits per heavy atom. The van der Waals surface area contributed by atoms with Gasteiger partial charge in [0, 0.05) is 19.0 Å². The first-order chi connectivity index (χ1) is 9.06. The third-order valence-electron chi connectivity index (χ3n) is 3.52. The molecule has 2 rings (SSSR count). The van der Waals surface area contributed by atoms with E-state index in [0.717, 1.165) is 18.4 Å². The van der Waals surface area contributed by atoms with E-state index in [9.17, 15) is 9.90 Å². The van der Waals surface area contributed by atoms with Crippen LogP contribution in [0.5, 0.6) is 5.75 Å². The number of piperidine rings is 1. The van der Waals surface area contributed by atoms with Crippen molar-refractivity contribution in [1.29, 1.82) is 0 Å². The van der Waals surface area contributed by atoms with Crippen molar-refractivity contribution in [3.63, 3.8) is 0 Å². The van der Waals surface area contributed by atoms with Crippen molar-refractivity contribution >= 4 is 23.1 Å². The van der Waals surface area contributed by atoms with Crippen LogP contribution in [-0.2, 0) is 11.2 Å². The van der Waals surface area contributed by atoms with Gasteiger partial charge in [0.1, 0.15) is 5.75 Å². The van der Waals surface area contributed by atoms with Gasteiger partial charge in [0.05, 0.1) is 11.4 Å². The van der Waals surface area contributed by atoms with E-state index in [4.69, 9.17) is 18.0 Å². The summed E-state index contributed by atoms with van der Waals surface area (Å²) in [5.41, 5.74) is 6.46. The molecule has 0 aliphatic carbocycles. The van der Waals surface area contributed by atoms with Crippen LogP contribution in [0.3, 0.4) is 0 Å². The minimum atomic E-state index is 0.0898. The molecule has 19 heavy (non-hydrogen) atoms. The minimum Gasteiger partial charge on any atom is -0.508 e. The average Bonchev–Trinajstić information content (AvgIpc) is 2.39. The number of likely N-dealkylation sites (tertiary alicyclic amines) is 1. The van der Waals surface area contributed by atoms with Crippen molar-refractivity contribution in [2.75, 3.05) is 13.1 Å². The van der Waals surface area contributed by atoms with Gasteiger partial charge < -0.3 is 15.7 Å². The summed E-state index contributed by atoms with van der Waals surface area (Å²) in [5.74, 6) is 0.546. The number of carbonyl (C=O) groups is 1. The number of carbonyl (C=O) groups excluding carboxylic acids is 1. The number of rotatable bonds is 3. The van der Waals surface area contributed by atoms with E-state index < -0.39 is 0 Å². The smallest absolute Gasteiger partial charge is 0.226 e. The second kappa shape index (κ2) is 6.02. The monoisotopic (exact) mass is 278 g/mol. The maximum atomic E-state index is 12.1. The van der Waals surface area contributed by atoms with Crippen molar-refractivity contribution < 1.29 is 9.90 Å². The fourth-order valence-electron chi connectivity index (χ4n) is 2.37. The SMILES string of the molecule is NC(=S)C1CCN(C(=O)Cc2cccc(O)c2)CC1. The van der Waals surface area contributed by atoms with Crippen molar-refractivity contribution in [2.24, 2.45) is 11.7 Å². The highest BCUT2D eigenvalue weighted by molar-refractivity contribution is 7.80. The molecule has 5 heteroatoms. The summed E-state index contributed by atoms with van der Waals surface area (Å²) in [6.45, 7) is 1.42. The van der Waals surface area contributed by atoms with E-state index in [2.05, 4.69) is 0 Å². The van der Waals surface area contributed by atoms with Crippen LogP contribution < -0.4 is 5.73 Å². The van der Waals surface area contributed by atoms with Gasteiger partial charge in [-0.3, -0.25) is 4.79 Å². The number of hydrogen-bond acceptors (Lipinski definition) is 3. The molecule has 1 aliphatic rings. The Balaban J connectivity index is 1.90. The Morgan fingerprint density at radius 3 is 2.68 bits per heavy atom. The van der Waals surface area contributed by atoms with Crippen molar-refractivity contribution in [3.8, 4) is 5.75 Å². The third kappa shape index (κ3) is 3.67. The summed E-state index contributed by atoms with van der Waals surface area (Å²) >= 11 is 4.99. The number of hydrogen-bond donors (Lipinski definition) is 2. The van der Waals surface area contributed by atoms with Gasteiger partial charge in [0.25, 0.3) is 0 Å². The third-order valence-corrected chi connectivity index (χ3v) is 3.85. The molecular weight excluding hydrogens is 260 g/mol. The molecule has 0 saturated carbocycles. The van der Waals surface area contributed by atoms with Gasteiger partial charge in [0.15, 0.2) is 0 Å². The maximum Gasteiger partial charge on any atom is 0.226 e. The molecule has 4 nitrogen and oxygen atoms in total. The van der Waals surface area contributed by atoms with Crippen LogP contribution in [0.4, 0.5) is 0 Å². The van der Waals surface area contributed by atoms with Crippen LogP contribution in [0.15, 0.2) is 24.3 Å². The molecule has 102 valence electrons. The standard InChI is InChI=1S/C14H18N2O2S/c15-14(19)11-4-6-16(7-5-11)13(18)9-10-2-1-3-12(17)8-10/h1-3,8,11,17H,4-7,9H2,(H2,15,19). The number of phenolic OH excluding ortho intramolecular Hbond substituents is 1. The predicted octanol–water partition coefficient (Wildman–Crippen LogP) is 1.46. The Labute approximate surface area is 118 Å². The Bertz CT molecular complexity index is 482. The second-order valence-electron chi connectivity index (χ2n) is 4.90. The highest BCUT2D eigenvalue weighted by Crippen LogP contribution is 2.19. The summed E-state index contributed by atoms with van der Waals surface area (Å²) in [7, 11) is 0. The molecule has 1 fully saturated rings. The highest BCUT2D eigenvalue weighted by Gasteiger charge is 2.24. The second-order valence-corrected chi connectivity index (χ2v) is 5.38. The van der Waals surface area contributed by atoms with E-state index in [1.165, 1.54) is 0 Å². The molecule has 1 heterocycles. The molecule has 1 aromatic carbocycles. The highest BCUT2D eigenvalue weighted by atomic mass is 32.1. The summed E-state index contributed by atoms with van der Waals surface area (Å²) in [4.78, 5) is 14.5. The molecule has 0 aromatic heterocycles. The maximum absolute atomic E-state index is 12.1. The number of phenols is 1. The largest absolute Gasteiger partial charge is 0.508 e. The van der Waals surface area contributed by atoms with Crippen molar-refractivity contribution in [1.82, 2.24) is 4.90 Å². The first kappa shape index (κ1) is 13.8. The zero-order valence-corrected chi connectivity index (χ0v) is 11.5. The van der Waals surface area contributed by atoms with Gasteiger partial charge in [-0.25, -0.2) is 0 Å². The number of amides is 1. The Morgan fingerprint density at radius 1 is 1.42 bits per heavy atom. The van der Waals surface area contributed by atoms with Crippen LogP contribution in [0, 0.1) is 5.92 Å². The first-order valence-corrected chi connectivity index (χ1v) is 6.82. The molecule has 3 N–H and O–H groups in total. The molecule has 1 saturated heterocycles. The van der Waals surface area contributed by atoms with Gasteiger partial charge in [0.2, 0.25) is 5.91 Å². The van der Waals surface area contributed by atoms with Crippen LogP contribution in [-0.4, -0.2) is 34.0 Å².